The molecule has 0 aliphatic rings. The molecule has 132 valence electrons. The standard InChI is InChI=1S/C19H20Cl2N2O2/c1-19(2,11-22-9-13-7-15(20)3-5-17(13)24)12-23-10-14-8-16(21)4-6-18(14)25/h3-10,24-25H,11-12H2,1-2H3. The second kappa shape index (κ2) is 8.37. The first kappa shape index (κ1) is 19.3. The van der Waals surface area contributed by atoms with Crippen LogP contribution in [0.5, 0.6) is 11.5 Å². The lowest BCUT2D eigenvalue weighted by molar-refractivity contribution is 0.396. The zero-order chi connectivity index (χ0) is 18.4. The first-order valence-electron chi connectivity index (χ1n) is 7.73. The number of aliphatic imine (C=N–C) groups is 2. The summed E-state index contributed by atoms with van der Waals surface area (Å²) in [5.74, 6) is 0.279. The van der Waals surface area contributed by atoms with Gasteiger partial charge in [-0.1, -0.05) is 37.0 Å². The Morgan fingerprint density at radius 2 is 1.24 bits per heavy atom. The Bertz CT molecular complexity index is 737. The van der Waals surface area contributed by atoms with E-state index in [1.54, 1.807) is 36.7 Å². The number of nitrogens with zero attached hydrogens (tertiary/aromatic N) is 2. The van der Waals surface area contributed by atoms with E-state index in [2.05, 4.69) is 9.98 Å². The van der Waals surface area contributed by atoms with Crippen LogP contribution in [0, 0.1) is 5.41 Å². The van der Waals surface area contributed by atoms with Crippen molar-refractivity contribution in [1.82, 2.24) is 0 Å². The van der Waals surface area contributed by atoms with Crippen LogP contribution >= 0.6 is 23.2 Å². The molecule has 2 N–H and O–H groups in total. The van der Waals surface area contributed by atoms with Crippen LogP contribution in [0.3, 0.4) is 0 Å². The molecular formula is C19H20Cl2N2O2. The van der Waals surface area contributed by atoms with Gasteiger partial charge in [-0.2, -0.15) is 0 Å². The molecule has 0 saturated carbocycles. The van der Waals surface area contributed by atoms with Crippen molar-refractivity contribution in [1.29, 1.82) is 0 Å². The van der Waals surface area contributed by atoms with E-state index in [1.165, 1.54) is 12.1 Å². The molecule has 2 rings (SSSR count). The third kappa shape index (κ3) is 6.07. The summed E-state index contributed by atoms with van der Waals surface area (Å²) in [7, 11) is 0. The Balaban J connectivity index is 1.97. The summed E-state index contributed by atoms with van der Waals surface area (Å²) < 4.78 is 0. The molecule has 0 spiro atoms. The summed E-state index contributed by atoms with van der Waals surface area (Å²) in [5, 5.41) is 20.6. The van der Waals surface area contributed by atoms with E-state index in [1.807, 2.05) is 13.8 Å². The zero-order valence-electron chi connectivity index (χ0n) is 14.1. The van der Waals surface area contributed by atoms with Crippen LogP contribution in [0.1, 0.15) is 25.0 Å². The van der Waals surface area contributed by atoms with Crippen molar-refractivity contribution >= 4 is 35.6 Å². The molecule has 2 aromatic carbocycles. The molecule has 0 fully saturated rings. The van der Waals surface area contributed by atoms with Gasteiger partial charge < -0.3 is 10.2 Å². The van der Waals surface area contributed by atoms with Gasteiger partial charge in [-0.05, 0) is 36.4 Å². The minimum atomic E-state index is -0.185. The van der Waals surface area contributed by atoms with E-state index >= 15 is 0 Å². The van der Waals surface area contributed by atoms with Gasteiger partial charge in [0.05, 0.1) is 0 Å². The molecule has 0 bridgehead atoms. The van der Waals surface area contributed by atoms with Crippen LogP contribution in [0.25, 0.3) is 0 Å². The van der Waals surface area contributed by atoms with Gasteiger partial charge in [-0.25, -0.2) is 0 Å². The molecule has 0 heterocycles. The van der Waals surface area contributed by atoms with Gasteiger partial charge in [0, 0.05) is 52.1 Å². The monoisotopic (exact) mass is 378 g/mol. The number of hydrogen-bond donors (Lipinski definition) is 2. The van der Waals surface area contributed by atoms with Crippen LogP contribution in [0.15, 0.2) is 46.4 Å². The fourth-order valence-electron chi connectivity index (χ4n) is 2.09. The van der Waals surface area contributed by atoms with Crippen LogP contribution in [-0.2, 0) is 0 Å². The highest BCUT2D eigenvalue weighted by Crippen LogP contribution is 2.22. The molecule has 25 heavy (non-hydrogen) atoms. The minimum Gasteiger partial charge on any atom is -0.507 e. The van der Waals surface area contributed by atoms with E-state index in [4.69, 9.17) is 23.2 Å². The van der Waals surface area contributed by atoms with Crippen LogP contribution in [0.2, 0.25) is 10.0 Å². The van der Waals surface area contributed by atoms with Gasteiger partial charge >= 0.3 is 0 Å². The SMILES string of the molecule is CC(C)(CN=Cc1cc(Cl)ccc1O)CN=Cc1cc(Cl)ccc1O. The number of benzene rings is 2. The Kier molecular flexibility index (Phi) is 6.45. The maximum Gasteiger partial charge on any atom is 0.124 e. The van der Waals surface area contributed by atoms with Crippen LogP contribution < -0.4 is 0 Å². The molecule has 0 saturated heterocycles. The molecule has 4 nitrogen and oxygen atoms in total. The minimum absolute atomic E-state index is 0.139. The van der Waals surface area contributed by atoms with E-state index in [0.717, 1.165) is 0 Å². The van der Waals surface area contributed by atoms with Crippen molar-refractivity contribution in [3.05, 3.63) is 57.6 Å². The second-order valence-electron chi connectivity index (χ2n) is 6.51. The lowest BCUT2D eigenvalue weighted by atomic mass is 9.94. The first-order valence-corrected chi connectivity index (χ1v) is 8.49. The number of phenols is 2. The number of phenolic OH excluding ortho intramolecular Hbond substituents is 2. The number of rotatable bonds is 6. The molecule has 0 aliphatic carbocycles. The Hall–Kier alpha value is -2.04. The number of halogens is 2. The molecule has 0 atom stereocenters. The van der Waals surface area contributed by atoms with Crippen molar-refractivity contribution in [2.45, 2.75) is 13.8 Å². The van der Waals surface area contributed by atoms with Crippen LogP contribution in [-0.4, -0.2) is 35.7 Å². The van der Waals surface area contributed by atoms with E-state index in [-0.39, 0.29) is 16.9 Å². The predicted octanol–water partition coefficient (Wildman–Crippen LogP) is 4.97. The summed E-state index contributed by atoms with van der Waals surface area (Å²) in [5.41, 5.74) is 0.973. The molecule has 6 heteroatoms. The zero-order valence-corrected chi connectivity index (χ0v) is 15.6. The van der Waals surface area contributed by atoms with Crippen molar-refractivity contribution < 1.29 is 10.2 Å². The first-order chi connectivity index (χ1) is 11.8. The summed E-state index contributed by atoms with van der Waals surface area (Å²) in [6.45, 7) is 5.13. The fourth-order valence-corrected chi connectivity index (χ4v) is 2.45. The van der Waals surface area contributed by atoms with Gasteiger partial charge in [-0.3, -0.25) is 9.98 Å². The van der Waals surface area contributed by atoms with Crippen molar-refractivity contribution in [3.63, 3.8) is 0 Å². The molecule has 0 radical (unpaired) electrons. The summed E-state index contributed by atoms with van der Waals surface area (Å²) in [4.78, 5) is 8.77. The third-order valence-electron chi connectivity index (χ3n) is 3.48. The molecule has 0 aliphatic heterocycles. The van der Waals surface area contributed by atoms with Gasteiger partial charge in [0.2, 0.25) is 0 Å². The van der Waals surface area contributed by atoms with Crippen molar-refractivity contribution in [3.8, 4) is 11.5 Å². The van der Waals surface area contributed by atoms with E-state index < -0.39 is 0 Å². The van der Waals surface area contributed by atoms with Gasteiger partial charge in [0.1, 0.15) is 11.5 Å². The van der Waals surface area contributed by atoms with Crippen molar-refractivity contribution in [2.24, 2.45) is 15.4 Å². The van der Waals surface area contributed by atoms with Gasteiger partial charge in [0.25, 0.3) is 0 Å². The number of aromatic hydroxyl groups is 2. The van der Waals surface area contributed by atoms with Crippen LogP contribution in [0.4, 0.5) is 0 Å². The Labute approximate surface area is 157 Å². The van der Waals surface area contributed by atoms with Gasteiger partial charge in [-0.15, -0.1) is 0 Å². The Morgan fingerprint density at radius 1 is 0.840 bits per heavy atom. The summed E-state index contributed by atoms with van der Waals surface area (Å²) >= 11 is 11.8. The average Bonchev–Trinajstić information content (AvgIpc) is 2.54. The topological polar surface area (TPSA) is 65.2 Å². The average molecular weight is 379 g/mol. The quantitative estimate of drug-likeness (QED) is 0.696. The normalized spacial score (nSPS) is 12.3. The molecule has 2 aromatic rings. The largest absolute Gasteiger partial charge is 0.507 e. The smallest absolute Gasteiger partial charge is 0.124 e. The maximum absolute atomic E-state index is 9.77. The van der Waals surface area contributed by atoms with Gasteiger partial charge in [0.15, 0.2) is 0 Å². The molecule has 0 unspecified atom stereocenters. The maximum atomic E-state index is 9.77. The lowest BCUT2D eigenvalue weighted by Gasteiger charge is -2.19. The summed E-state index contributed by atoms with van der Waals surface area (Å²) in [6, 6.07) is 9.64. The van der Waals surface area contributed by atoms with E-state index in [0.29, 0.717) is 34.3 Å². The second-order valence-corrected chi connectivity index (χ2v) is 7.38. The third-order valence-corrected chi connectivity index (χ3v) is 3.95. The number of hydrogen-bond acceptors (Lipinski definition) is 4. The summed E-state index contributed by atoms with van der Waals surface area (Å²) in [6.07, 6.45) is 3.21. The highest BCUT2D eigenvalue weighted by molar-refractivity contribution is 6.31. The van der Waals surface area contributed by atoms with Crippen molar-refractivity contribution in [2.75, 3.05) is 13.1 Å². The fraction of sp³-hybridized carbons (Fsp3) is 0.263. The van der Waals surface area contributed by atoms with E-state index in [9.17, 15) is 10.2 Å². The predicted molar refractivity (Wildman–Crippen MR) is 105 cm³/mol. The molecular weight excluding hydrogens is 359 g/mol. The highest BCUT2D eigenvalue weighted by Gasteiger charge is 2.16. The molecule has 0 amide bonds. The highest BCUT2D eigenvalue weighted by atomic mass is 35.5. The Morgan fingerprint density at radius 3 is 1.64 bits per heavy atom. The lowest BCUT2D eigenvalue weighted by Crippen LogP contribution is -2.19. The molecule has 0 aromatic heterocycles.